The van der Waals surface area contributed by atoms with Gasteiger partial charge in [-0.25, -0.2) is 0 Å². The Balaban J connectivity index is 2.27. The maximum absolute atomic E-state index is 4.94. The Bertz CT molecular complexity index is 293. The highest BCUT2D eigenvalue weighted by Gasteiger charge is 2.00. The van der Waals surface area contributed by atoms with Gasteiger partial charge in [-0.1, -0.05) is 5.16 Å². The largest absolute Gasteiger partial charge is 0.339 e. The van der Waals surface area contributed by atoms with Crippen LogP contribution in [0, 0.1) is 18.8 Å². The molecule has 3 nitrogen and oxygen atoms in total. The first-order valence-corrected chi connectivity index (χ1v) is 4.01. The van der Waals surface area contributed by atoms with E-state index in [9.17, 15) is 0 Å². The van der Waals surface area contributed by atoms with Gasteiger partial charge in [0.1, 0.15) is 0 Å². The van der Waals surface area contributed by atoms with Crippen LogP contribution in [0.4, 0.5) is 0 Å². The van der Waals surface area contributed by atoms with Crippen molar-refractivity contribution < 1.29 is 4.52 Å². The Labute approximate surface area is 72.2 Å². The van der Waals surface area contributed by atoms with Crippen LogP contribution in [0.1, 0.15) is 31.5 Å². The molecule has 1 aromatic rings. The molecule has 0 fully saturated rings. The zero-order valence-corrected chi connectivity index (χ0v) is 7.42. The molecule has 0 aliphatic heterocycles. The lowest BCUT2D eigenvalue weighted by Crippen LogP contribution is -1.84. The molecular formula is C9H12N2O. The van der Waals surface area contributed by atoms with E-state index in [0.29, 0.717) is 11.7 Å². The standard InChI is InChI=1S/C9H12N2O/c1-3-4-5-6-7-9-10-8(2)11-12-9/h5-7H2,1-2H3. The minimum absolute atomic E-state index is 0.701. The SMILES string of the molecule is CC#CCCCc1nc(C)no1. The van der Waals surface area contributed by atoms with E-state index in [1.807, 2.05) is 13.8 Å². The highest BCUT2D eigenvalue weighted by molar-refractivity contribution is 4.95. The van der Waals surface area contributed by atoms with Crippen LogP contribution in [0.25, 0.3) is 0 Å². The summed E-state index contributed by atoms with van der Waals surface area (Å²) in [6, 6.07) is 0. The predicted octanol–water partition coefficient (Wildman–Crippen LogP) is 1.72. The summed E-state index contributed by atoms with van der Waals surface area (Å²) >= 11 is 0. The molecule has 1 heterocycles. The molecule has 0 spiro atoms. The fraction of sp³-hybridized carbons (Fsp3) is 0.556. The van der Waals surface area contributed by atoms with E-state index in [2.05, 4.69) is 22.0 Å². The third-order valence-electron chi connectivity index (χ3n) is 1.44. The molecule has 0 atom stereocenters. The van der Waals surface area contributed by atoms with Crippen molar-refractivity contribution in [1.29, 1.82) is 0 Å². The summed E-state index contributed by atoms with van der Waals surface area (Å²) < 4.78 is 4.94. The highest BCUT2D eigenvalue weighted by atomic mass is 16.5. The van der Waals surface area contributed by atoms with Crippen LogP contribution in [0.5, 0.6) is 0 Å². The average Bonchev–Trinajstić information content (AvgIpc) is 2.45. The van der Waals surface area contributed by atoms with Crippen LogP contribution in [0.15, 0.2) is 4.52 Å². The Morgan fingerprint density at radius 3 is 2.92 bits per heavy atom. The van der Waals surface area contributed by atoms with Gasteiger partial charge < -0.3 is 4.52 Å². The van der Waals surface area contributed by atoms with Crippen molar-refractivity contribution in [3.8, 4) is 11.8 Å². The maximum atomic E-state index is 4.94. The summed E-state index contributed by atoms with van der Waals surface area (Å²) in [6.07, 6.45) is 2.72. The molecule has 0 amide bonds. The van der Waals surface area contributed by atoms with Crippen LogP contribution in [0.2, 0.25) is 0 Å². The van der Waals surface area contributed by atoms with Gasteiger partial charge in [-0.3, -0.25) is 0 Å². The molecular weight excluding hydrogens is 152 g/mol. The molecule has 0 aromatic carbocycles. The van der Waals surface area contributed by atoms with Crippen LogP contribution in [0.3, 0.4) is 0 Å². The minimum Gasteiger partial charge on any atom is -0.339 e. The summed E-state index contributed by atoms with van der Waals surface area (Å²) in [6.45, 7) is 3.66. The number of unbranched alkanes of at least 4 members (excludes halogenated alkanes) is 1. The van der Waals surface area contributed by atoms with Crippen molar-refractivity contribution in [2.45, 2.75) is 33.1 Å². The van der Waals surface area contributed by atoms with Crippen molar-refractivity contribution in [1.82, 2.24) is 10.1 Å². The third-order valence-corrected chi connectivity index (χ3v) is 1.44. The van der Waals surface area contributed by atoms with E-state index in [0.717, 1.165) is 19.3 Å². The Kier molecular flexibility index (Phi) is 3.34. The van der Waals surface area contributed by atoms with Gasteiger partial charge in [-0.05, 0) is 20.3 Å². The van der Waals surface area contributed by atoms with Gasteiger partial charge in [-0.2, -0.15) is 4.98 Å². The third kappa shape index (κ3) is 2.75. The van der Waals surface area contributed by atoms with E-state index >= 15 is 0 Å². The number of nitrogens with zero attached hydrogens (tertiary/aromatic N) is 2. The van der Waals surface area contributed by atoms with Crippen LogP contribution < -0.4 is 0 Å². The van der Waals surface area contributed by atoms with Crippen molar-refractivity contribution in [3.05, 3.63) is 11.7 Å². The predicted molar refractivity (Wildman–Crippen MR) is 45.4 cm³/mol. The Hall–Kier alpha value is -1.30. The molecule has 0 N–H and O–H groups in total. The van der Waals surface area contributed by atoms with Crippen molar-refractivity contribution in [2.75, 3.05) is 0 Å². The lowest BCUT2D eigenvalue weighted by Gasteiger charge is -1.87. The van der Waals surface area contributed by atoms with E-state index in [1.54, 1.807) is 0 Å². The minimum atomic E-state index is 0.701. The number of hydrogen-bond donors (Lipinski definition) is 0. The molecule has 0 aliphatic carbocycles. The summed E-state index contributed by atoms with van der Waals surface area (Å²) in [4.78, 5) is 4.08. The second kappa shape index (κ2) is 4.55. The molecule has 3 heteroatoms. The summed E-state index contributed by atoms with van der Waals surface area (Å²) in [5.74, 6) is 7.24. The van der Waals surface area contributed by atoms with Gasteiger partial charge in [0.05, 0.1) is 0 Å². The van der Waals surface area contributed by atoms with E-state index in [4.69, 9.17) is 4.52 Å². The lowest BCUT2D eigenvalue weighted by molar-refractivity contribution is 0.372. The van der Waals surface area contributed by atoms with Crippen molar-refractivity contribution in [3.63, 3.8) is 0 Å². The molecule has 0 saturated carbocycles. The van der Waals surface area contributed by atoms with E-state index in [-0.39, 0.29) is 0 Å². The zero-order valence-electron chi connectivity index (χ0n) is 7.42. The average molecular weight is 164 g/mol. The monoisotopic (exact) mass is 164 g/mol. The lowest BCUT2D eigenvalue weighted by atomic mass is 10.2. The molecule has 1 rings (SSSR count). The first-order valence-electron chi connectivity index (χ1n) is 4.01. The van der Waals surface area contributed by atoms with Crippen LogP contribution in [-0.4, -0.2) is 10.1 Å². The molecule has 0 bridgehead atoms. The topological polar surface area (TPSA) is 38.9 Å². The molecule has 0 unspecified atom stereocenters. The first-order chi connectivity index (χ1) is 5.83. The molecule has 0 aliphatic rings. The van der Waals surface area contributed by atoms with Gasteiger partial charge >= 0.3 is 0 Å². The fourth-order valence-corrected chi connectivity index (χ4v) is 0.895. The van der Waals surface area contributed by atoms with Crippen molar-refractivity contribution in [2.24, 2.45) is 0 Å². The molecule has 0 radical (unpaired) electrons. The van der Waals surface area contributed by atoms with E-state index in [1.165, 1.54) is 0 Å². The Morgan fingerprint density at radius 2 is 2.33 bits per heavy atom. The van der Waals surface area contributed by atoms with Gasteiger partial charge in [0, 0.05) is 12.8 Å². The van der Waals surface area contributed by atoms with E-state index < -0.39 is 0 Å². The van der Waals surface area contributed by atoms with Crippen molar-refractivity contribution >= 4 is 0 Å². The second-order valence-corrected chi connectivity index (χ2v) is 2.52. The number of aromatic nitrogens is 2. The fourth-order valence-electron chi connectivity index (χ4n) is 0.895. The summed E-state index contributed by atoms with van der Waals surface area (Å²) in [5.41, 5.74) is 0. The number of hydrogen-bond acceptors (Lipinski definition) is 3. The van der Waals surface area contributed by atoms with Gasteiger partial charge in [-0.15, -0.1) is 11.8 Å². The van der Waals surface area contributed by atoms with Gasteiger partial charge in [0.25, 0.3) is 0 Å². The normalized spacial score (nSPS) is 9.17. The summed E-state index contributed by atoms with van der Waals surface area (Å²) in [7, 11) is 0. The highest BCUT2D eigenvalue weighted by Crippen LogP contribution is 2.01. The molecule has 64 valence electrons. The number of rotatable bonds is 3. The zero-order chi connectivity index (χ0) is 8.81. The van der Waals surface area contributed by atoms with Gasteiger partial charge in [0.2, 0.25) is 5.89 Å². The molecule has 0 saturated heterocycles. The maximum Gasteiger partial charge on any atom is 0.226 e. The van der Waals surface area contributed by atoms with Crippen LogP contribution in [-0.2, 0) is 6.42 Å². The molecule has 12 heavy (non-hydrogen) atoms. The first kappa shape index (κ1) is 8.79. The molecule has 1 aromatic heterocycles. The Morgan fingerprint density at radius 1 is 1.50 bits per heavy atom. The van der Waals surface area contributed by atoms with Crippen LogP contribution >= 0.6 is 0 Å². The smallest absolute Gasteiger partial charge is 0.226 e. The second-order valence-electron chi connectivity index (χ2n) is 2.52. The van der Waals surface area contributed by atoms with Gasteiger partial charge in [0.15, 0.2) is 5.82 Å². The summed E-state index contributed by atoms with van der Waals surface area (Å²) in [5, 5.41) is 3.69. The number of aryl methyl sites for hydroxylation is 2. The quantitative estimate of drug-likeness (QED) is 0.504.